The molecule has 1 aliphatic heterocycles. The lowest BCUT2D eigenvalue weighted by molar-refractivity contribution is 0.0494. The minimum atomic E-state index is -0.463. The normalized spacial score (nSPS) is 17.2. The molecule has 1 heterocycles. The molecule has 22 heavy (non-hydrogen) atoms. The molecule has 1 N–H and O–H groups in total. The molecule has 1 aromatic carbocycles. The second kappa shape index (κ2) is 7.63. The Balaban J connectivity index is 1.95. The van der Waals surface area contributed by atoms with Gasteiger partial charge in [0, 0.05) is 12.6 Å². The monoisotopic (exact) mass is 304 g/mol. The highest BCUT2D eigenvalue weighted by atomic mass is 16.6. The lowest BCUT2D eigenvalue weighted by atomic mass is 10.1. The zero-order valence-corrected chi connectivity index (χ0v) is 14.0. The molecular formula is C18H28N2O2. The Morgan fingerprint density at radius 3 is 2.45 bits per heavy atom. The topological polar surface area (TPSA) is 41.6 Å². The van der Waals surface area contributed by atoms with Crippen molar-refractivity contribution in [3.8, 4) is 0 Å². The predicted octanol–water partition coefficient (Wildman–Crippen LogP) is 3.22. The standard InChI is InChI=1S/C18H28N2O2/c1-18(2,3)22-17(21)19-16(14-20-11-7-8-12-20)13-15-9-5-4-6-10-15/h4-6,9-10,16H,7-8,11-14H2,1-3H3,(H,19,21)/t16-/m1/s1. The number of nitrogens with zero attached hydrogens (tertiary/aromatic N) is 1. The average molecular weight is 304 g/mol. The van der Waals surface area contributed by atoms with Gasteiger partial charge in [0.1, 0.15) is 5.60 Å². The summed E-state index contributed by atoms with van der Waals surface area (Å²) in [6, 6.07) is 10.4. The van der Waals surface area contributed by atoms with E-state index in [0.717, 1.165) is 26.1 Å². The number of carbonyl (C=O) groups is 1. The second-order valence-corrected chi connectivity index (χ2v) is 7.04. The van der Waals surface area contributed by atoms with Gasteiger partial charge in [-0.15, -0.1) is 0 Å². The van der Waals surface area contributed by atoms with Crippen LogP contribution in [0.1, 0.15) is 39.2 Å². The number of benzene rings is 1. The van der Waals surface area contributed by atoms with Crippen LogP contribution in [-0.4, -0.2) is 42.3 Å². The van der Waals surface area contributed by atoms with Gasteiger partial charge in [-0.25, -0.2) is 4.79 Å². The van der Waals surface area contributed by atoms with Gasteiger partial charge in [-0.05, 0) is 58.7 Å². The number of carbonyl (C=O) groups excluding carboxylic acids is 1. The van der Waals surface area contributed by atoms with Crippen LogP contribution in [0.5, 0.6) is 0 Å². The van der Waals surface area contributed by atoms with Gasteiger partial charge in [0.25, 0.3) is 0 Å². The quantitative estimate of drug-likeness (QED) is 0.908. The first-order valence-electron chi connectivity index (χ1n) is 8.18. The fourth-order valence-electron chi connectivity index (χ4n) is 2.81. The molecule has 1 amide bonds. The Bertz CT molecular complexity index is 462. The van der Waals surface area contributed by atoms with E-state index in [1.165, 1.54) is 18.4 Å². The van der Waals surface area contributed by atoms with E-state index in [4.69, 9.17) is 4.74 Å². The Morgan fingerprint density at radius 1 is 1.23 bits per heavy atom. The van der Waals surface area contributed by atoms with Crippen LogP contribution in [0.4, 0.5) is 4.79 Å². The molecule has 0 aromatic heterocycles. The highest BCUT2D eigenvalue weighted by molar-refractivity contribution is 5.68. The maximum Gasteiger partial charge on any atom is 0.407 e. The minimum Gasteiger partial charge on any atom is -0.444 e. The Hall–Kier alpha value is -1.55. The van der Waals surface area contributed by atoms with Crippen molar-refractivity contribution in [1.82, 2.24) is 10.2 Å². The maximum absolute atomic E-state index is 12.1. The summed E-state index contributed by atoms with van der Waals surface area (Å²) in [7, 11) is 0. The Kier molecular flexibility index (Phi) is 5.83. The third-order valence-electron chi connectivity index (χ3n) is 3.72. The van der Waals surface area contributed by atoms with E-state index < -0.39 is 5.60 Å². The number of alkyl carbamates (subject to hydrolysis) is 1. The SMILES string of the molecule is CC(C)(C)OC(=O)N[C@H](Cc1ccccc1)CN1CCCC1. The van der Waals surface area contributed by atoms with E-state index >= 15 is 0 Å². The molecule has 2 rings (SSSR count). The van der Waals surface area contributed by atoms with Gasteiger partial charge in [-0.3, -0.25) is 0 Å². The van der Waals surface area contributed by atoms with Crippen LogP contribution in [0, 0.1) is 0 Å². The van der Waals surface area contributed by atoms with Gasteiger partial charge in [-0.2, -0.15) is 0 Å². The van der Waals surface area contributed by atoms with Crippen molar-refractivity contribution >= 4 is 6.09 Å². The summed E-state index contributed by atoms with van der Waals surface area (Å²) < 4.78 is 5.40. The molecule has 1 saturated heterocycles. The zero-order chi connectivity index (χ0) is 16.0. The molecule has 0 aliphatic carbocycles. The molecule has 1 atom stereocenters. The number of hydrogen-bond acceptors (Lipinski definition) is 3. The third-order valence-corrected chi connectivity index (χ3v) is 3.72. The van der Waals surface area contributed by atoms with Crippen molar-refractivity contribution in [3.05, 3.63) is 35.9 Å². The molecule has 0 spiro atoms. The van der Waals surface area contributed by atoms with Gasteiger partial charge < -0.3 is 15.0 Å². The first-order valence-corrected chi connectivity index (χ1v) is 8.18. The number of nitrogens with one attached hydrogen (secondary N) is 1. The molecule has 1 aromatic rings. The molecular weight excluding hydrogens is 276 g/mol. The molecule has 1 fully saturated rings. The third kappa shape index (κ3) is 6.06. The minimum absolute atomic E-state index is 0.0790. The first-order chi connectivity index (χ1) is 10.4. The van der Waals surface area contributed by atoms with Crippen LogP contribution in [0.3, 0.4) is 0 Å². The van der Waals surface area contributed by atoms with Gasteiger partial charge in [0.2, 0.25) is 0 Å². The van der Waals surface area contributed by atoms with Crippen LogP contribution in [-0.2, 0) is 11.2 Å². The van der Waals surface area contributed by atoms with E-state index in [1.807, 2.05) is 39.0 Å². The van der Waals surface area contributed by atoms with E-state index in [1.54, 1.807) is 0 Å². The summed E-state index contributed by atoms with van der Waals surface area (Å²) in [5.74, 6) is 0. The first kappa shape index (κ1) is 16.8. The molecule has 1 aliphatic rings. The number of hydrogen-bond donors (Lipinski definition) is 1. The summed E-state index contributed by atoms with van der Waals surface area (Å²) in [5, 5.41) is 3.05. The molecule has 0 radical (unpaired) electrons. The number of ether oxygens (including phenoxy) is 1. The fourth-order valence-corrected chi connectivity index (χ4v) is 2.81. The fraction of sp³-hybridized carbons (Fsp3) is 0.611. The van der Waals surface area contributed by atoms with Crippen LogP contribution >= 0.6 is 0 Å². The predicted molar refractivity (Wildman–Crippen MR) is 89.0 cm³/mol. The molecule has 122 valence electrons. The van der Waals surface area contributed by atoms with Crippen molar-refractivity contribution in [3.63, 3.8) is 0 Å². The van der Waals surface area contributed by atoms with Crippen LogP contribution in [0.2, 0.25) is 0 Å². The van der Waals surface area contributed by atoms with Crippen molar-refractivity contribution in [2.45, 2.75) is 51.7 Å². The van der Waals surface area contributed by atoms with E-state index in [2.05, 4.69) is 22.3 Å². The highest BCUT2D eigenvalue weighted by Gasteiger charge is 2.22. The Labute approximate surface area is 133 Å². The molecule has 0 unspecified atom stereocenters. The lowest BCUT2D eigenvalue weighted by Crippen LogP contribution is -2.46. The number of amides is 1. The summed E-state index contributed by atoms with van der Waals surface area (Å²) in [6.45, 7) is 8.80. The highest BCUT2D eigenvalue weighted by Crippen LogP contribution is 2.12. The molecule has 0 saturated carbocycles. The number of likely N-dealkylation sites (tertiary alicyclic amines) is 1. The molecule has 0 bridgehead atoms. The van der Waals surface area contributed by atoms with Gasteiger partial charge >= 0.3 is 6.09 Å². The largest absolute Gasteiger partial charge is 0.444 e. The Morgan fingerprint density at radius 2 is 1.86 bits per heavy atom. The van der Waals surface area contributed by atoms with Crippen molar-refractivity contribution < 1.29 is 9.53 Å². The van der Waals surface area contributed by atoms with Crippen LogP contribution < -0.4 is 5.32 Å². The summed E-state index contributed by atoms with van der Waals surface area (Å²) in [4.78, 5) is 14.5. The van der Waals surface area contributed by atoms with Crippen molar-refractivity contribution in [2.75, 3.05) is 19.6 Å². The lowest BCUT2D eigenvalue weighted by Gasteiger charge is -2.26. The number of rotatable bonds is 5. The molecule has 4 nitrogen and oxygen atoms in total. The van der Waals surface area contributed by atoms with Gasteiger partial charge in [0.15, 0.2) is 0 Å². The summed E-state index contributed by atoms with van der Waals surface area (Å²) >= 11 is 0. The zero-order valence-electron chi connectivity index (χ0n) is 14.0. The maximum atomic E-state index is 12.1. The van der Waals surface area contributed by atoms with Crippen LogP contribution in [0.15, 0.2) is 30.3 Å². The van der Waals surface area contributed by atoms with Crippen molar-refractivity contribution in [1.29, 1.82) is 0 Å². The second-order valence-electron chi connectivity index (χ2n) is 7.04. The van der Waals surface area contributed by atoms with E-state index in [-0.39, 0.29) is 12.1 Å². The van der Waals surface area contributed by atoms with Crippen molar-refractivity contribution in [2.24, 2.45) is 0 Å². The average Bonchev–Trinajstić information content (AvgIpc) is 2.90. The summed E-state index contributed by atoms with van der Waals surface area (Å²) in [5.41, 5.74) is 0.775. The molecule has 4 heteroatoms. The summed E-state index contributed by atoms with van der Waals surface area (Å²) in [6.07, 6.45) is 3.01. The van der Waals surface area contributed by atoms with E-state index in [9.17, 15) is 4.79 Å². The smallest absolute Gasteiger partial charge is 0.407 e. The van der Waals surface area contributed by atoms with Crippen LogP contribution in [0.25, 0.3) is 0 Å². The van der Waals surface area contributed by atoms with E-state index in [0.29, 0.717) is 0 Å². The van der Waals surface area contributed by atoms with Gasteiger partial charge in [0.05, 0.1) is 0 Å². The van der Waals surface area contributed by atoms with Gasteiger partial charge in [-0.1, -0.05) is 30.3 Å².